The third kappa shape index (κ3) is 37.0. The zero-order valence-electron chi connectivity index (χ0n) is 6.21. The average Bonchev–Trinajstić information content (AvgIpc) is 2.41. The molecule has 0 aliphatic carbocycles. The van der Waals surface area contributed by atoms with Gasteiger partial charge in [-0.2, -0.15) is 8.42 Å². The van der Waals surface area contributed by atoms with Crippen LogP contribution in [-0.4, -0.2) is 27.5 Å². The highest BCUT2D eigenvalue weighted by Crippen LogP contribution is 1.62. The fourth-order valence-corrected chi connectivity index (χ4v) is 0.215. The fourth-order valence-electron chi connectivity index (χ4n) is 0.215. The number of nitrogens with one attached hydrogen (secondary N) is 1. The van der Waals surface area contributed by atoms with Gasteiger partial charge in [0.1, 0.15) is 0 Å². The second-order valence-electron chi connectivity index (χ2n) is 1.21. The Bertz CT molecular complexity index is 230. The Hall–Kier alpha value is -1.18. The third-order valence-electron chi connectivity index (χ3n) is 0.406. The second-order valence-corrected chi connectivity index (χ2v) is 2.10. The van der Waals surface area contributed by atoms with Gasteiger partial charge >= 0.3 is 10.4 Å². The molecule has 0 unspecified atom stereocenters. The van der Waals surface area contributed by atoms with Crippen molar-refractivity contribution in [2.45, 2.75) is 0 Å². The molecule has 0 amide bonds. The predicted octanol–water partition coefficient (Wildman–Crippen LogP) is 0.559. The Morgan fingerprint density at radius 2 is 1.75 bits per heavy atom. The van der Waals surface area contributed by atoms with Gasteiger partial charge in [0.2, 0.25) is 0 Å². The van der Waals surface area contributed by atoms with Crippen LogP contribution in [-0.2, 0) is 10.4 Å². The van der Waals surface area contributed by atoms with Crippen molar-refractivity contribution in [2.24, 2.45) is 0 Å². The van der Waals surface area contributed by atoms with E-state index in [4.69, 9.17) is 17.5 Å². The van der Waals surface area contributed by atoms with Crippen molar-refractivity contribution in [3.8, 4) is 0 Å². The van der Waals surface area contributed by atoms with Gasteiger partial charge in [0.05, 0.1) is 6.33 Å². The lowest BCUT2D eigenvalue weighted by atomic mass is 11.0. The SMILES string of the molecule is C=C.O=S(=O)(O)O.c1c[nH]cn1. The first-order valence-electron chi connectivity index (χ1n) is 2.63. The number of hydrogen-bond donors (Lipinski definition) is 3. The lowest BCUT2D eigenvalue weighted by molar-refractivity contribution is 0.381. The van der Waals surface area contributed by atoms with Crippen LogP contribution in [0, 0.1) is 0 Å². The van der Waals surface area contributed by atoms with Crippen molar-refractivity contribution >= 4 is 10.4 Å². The molecular formula is C5H10N2O4S. The highest BCUT2D eigenvalue weighted by Gasteiger charge is 1.84. The maximum atomic E-state index is 8.74. The maximum Gasteiger partial charge on any atom is 0.394 e. The van der Waals surface area contributed by atoms with E-state index in [-0.39, 0.29) is 0 Å². The lowest BCUT2D eigenvalue weighted by Crippen LogP contribution is -1.89. The van der Waals surface area contributed by atoms with Gasteiger partial charge in [-0.3, -0.25) is 9.11 Å². The van der Waals surface area contributed by atoms with E-state index >= 15 is 0 Å². The molecule has 6 nitrogen and oxygen atoms in total. The van der Waals surface area contributed by atoms with E-state index in [1.807, 2.05) is 0 Å². The van der Waals surface area contributed by atoms with Gasteiger partial charge in [-0.25, -0.2) is 4.98 Å². The quantitative estimate of drug-likeness (QED) is 0.413. The minimum atomic E-state index is -4.67. The number of aromatic nitrogens is 2. The summed E-state index contributed by atoms with van der Waals surface area (Å²) < 4.78 is 31.6. The van der Waals surface area contributed by atoms with Crippen LogP contribution >= 0.6 is 0 Å². The van der Waals surface area contributed by atoms with Gasteiger partial charge in [0, 0.05) is 12.4 Å². The molecule has 1 rings (SSSR count). The summed E-state index contributed by atoms with van der Waals surface area (Å²) in [5.74, 6) is 0. The molecule has 1 heterocycles. The first kappa shape index (κ1) is 13.4. The van der Waals surface area contributed by atoms with Crippen LogP contribution < -0.4 is 0 Å². The van der Waals surface area contributed by atoms with E-state index in [0.717, 1.165) is 0 Å². The highest BCUT2D eigenvalue weighted by atomic mass is 32.3. The second kappa shape index (κ2) is 7.92. The van der Waals surface area contributed by atoms with Gasteiger partial charge in [-0.1, -0.05) is 0 Å². The smallest absolute Gasteiger partial charge is 0.351 e. The summed E-state index contributed by atoms with van der Waals surface area (Å²) in [5, 5.41) is 0. The molecular weight excluding hydrogens is 184 g/mol. The normalized spacial score (nSPS) is 8.50. The summed E-state index contributed by atoms with van der Waals surface area (Å²) in [7, 11) is -4.67. The summed E-state index contributed by atoms with van der Waals surface area (Å²) in [6, 6.07) is 0. The molecule has 0 spiro atoms. The molecule has 0 aromatic carbocycles. The zero-order chi connectivity index (χ0) is 10.0. The van der Waals surface area contributed by atoms with E-state index < -0.39 is 10.4 Å². The van der Waals surface area contributed by atoms with Crippen molar-refractivity contribution in [1.82, 2.24) is 9.97 Å². The standard InChI is InChI=1S/C3H4N2.C2H4.H2O4S/c1-2-5-3-4-1;1-2;1-5(2,3)4/h1-3H,(H,4,5);1-2H2;(H2,1,2,3,4). The largest absolute Gasteiger partial charge is 0.394 e. The Kier molecular flexibility index (Phi) is 8.85. The van der Waals surface area contributed by atoms with Crippen molar-refractivity contribution in [2.75, 3.05) is 0 Å². The van der Waals surface area contributed by atoms with Crippen molar-refractivity contribution in [3.63, 3.8) is 0 Å². The molecule has 0 saturated carbocycles. The van der Waals surface area contributed by atoms with E-state index in [1.54, 1.807) is 18.7 Å². The Morgan fingerprint density at radius 3 is 1.83 bits per heavy atom. The Morgan fingerprint density at radius 1 is 1.33 bits per heavy atom. The first-order valence-corrected chi connectivity index (χ1v) is 4.02. The molecule has 7 heteroatoms. The molecule has 0 aliphatic rings. The summed E-state index contributed by atoms with van der Waals surface area (Å²) in [5.41, 5.74) is 0. The third-order valence-corrected chi connectivity index (χ3v) is 0.406. The van der Waals surface area contributed by atoms with E-state index in [9.17, 15) is 0 Å². The van der Waals surface area contributed by atoms with Crippen LogP contribution in [0.5, 0.6) is 0 Å². The predicted molar refractivity (Wildman–Crippen MR) is 44.0 cm³/mol. The number of aromatic amines is 1. The summed E-state index contributed by atoms with van der Waals surface area (Å²) >= 11 is 0. The molecule has 12 heavy (non-hydrogen) atoms. The topological polar surface area (TPSA) is 103 Å². The van der Waals surface area contributed by atoms with E-state index in [2.05, 4.69) is 23.1 Å². The summed E-state index contributed by atoms with van der Waals surface area (Å²) in [6.45, 7) is 6.00. The molecule has 0 aliphatic heterocycles. The van der Waals surface area contributed by atoms with Crippen LogP contribution in [0.4, 0.5) is 0 Å². The summed E-state index contributed by atoms with van der Waals surface area (Å²) in [6.07, 6.45) is 5.08. The lowest BCUT2D eigenvalue weighted by Gasteiger charge is -1.68. The number of rotatable bonds is 0. The minimum Gasteiger partial charge on any atom is -0.351 e. The molecule has 0 atom stereocenters. The van der Waals surface area contributed by atoms with E-state index in [1.165, 1.54) is 0 Å². The average molecular weight is 194 g/mol. The monoisotopic (exact) mass is 194 g/mol. The molecule has 0 radical (unpaired) electrons. The zero-order valence-corrected chi connectivity index (χ0v) is 7.03. The van der Waals surface area contributed by atoms with Crippen LogP contribution in [0.15, 0.2) is 31.9 Å². The molecule has 1 aromatic heterocycles. The van der Waals surface area contributed by atoms with Gasteiger partial charge < -0.3 is 4.98 Å². The molecule has 1 aromatic rings. The van der Waals surface area contributed by atoms with Crippen molar-refractivity contribution in [1.29, 1.82) is 0 Å². The molecule has 0 bridgehead atoms. The fraction of sp³-hybridized carbons (Fsp3) is 0. The van der Waals surface area contributed by atoms with Crippen LogP contribution in [0.1, 0.15) is 0 Å². The Balaban J connectivity index is 0. The number of imidazole rings is 1. The number of hydrogen-bond acceptors (Lipinski definition) is 3. The van der Waals surface area contributed by atoms with Crippen LogP contribution in [0.3, 0.4) is 0 Å². The summed E-state index contributed by atoms with van der Waals surface area (Å²) in [4.78, 5) is 6.42. The van der Waals surface area contributed by atoms with Gasteiger partial charge in [0.25, 0.3) is 0 Å². The highest BCUT2D eigenvalue weighted by molar-refractivity contribution is 7.79. The van der Waals surface area contributed by atoms with Crippen LogP contribution in [0.25, 0.3) is 0 Å². The van der Waals surface area contributed by atoms with Crippen molar-refractivity contribution < 1.29 is 17.5 Å². The van der Waals surface area contributed by atoms with Crippen LogP contribution in [0.2, 0.25) is 0 Å². The van der Waals surface area contributed by atoms with Crippen molar-refractivity contribution in [3.05, 3.63) is 31.9 Å². The number of nitrogens with zero attached hydrogens (tertiary/aromatic N) is 1. The first-order chi connectivity index (χ1) is 5.50. The number of H-pyrrole nitrogens is 1. The van der Waals surface area contributed by atoms with Gasteiger partial charge in [-0.05, 0) is 0 Å². The Labute approximate surface area is 70.5 Å². The molecule has 0 fully saturated rings. The molecule has 3 N–H and O–H groups in total. The van der Waals surface area contributed by atoms with Gasteiger partial charge in [0.15, 0.2) is 0 Å². The maximum absolute atomic E-state index is 8.74. The minimum absolute atomic E-state index is 1.62. The van der Waals surface area contributed by atoms with E-state index in [0.29, 0.717) is 0 Å². The molecule has 70 valence electrons. The van der Waals surface area contributed by atoms with Gasteiger partial charge in [-0.15, -0.1) is 13.2 Å². The molecule has 0 saturated heterocycles.